The van der Waals surface area contributed by atoms with Gasteiger partial charge in [0.15, 0.2) is 0 Å². The molecule has 5 N–H and O–H groups in total. The third kappa shape index (κ3) is 4.06. The first kappa shape index (κ1) is 16.2. The van der Waals surface area contributed by atoms with Gasteiger partial charge in [-0.3, -0.25) is 15.5 Å². The number of hydrogen-bond donors (Lipinski definition) is 5. The smallest absolute Gasteiger partial charge is 0.133 e. The summed E-state index contributed by atoms with van der Waals surface area (Å²) in [5.41, 5.74) is 3.28. The van der Waals surface area contributed by atoms with Gasteiger partial charge in [0.2, 0.25) is 0 Å². The Labute approximate surface area is 139 Å². The first-order chi connectivity index (χ1) is 11.4. The minimum Gasteiger partial charge on any atom is -0.313 e. The molecule has 6 heteroatoms. The molecule has 0 radical (unpaired) electrons. The maximum absolute atomic E-state index is 5.79. The fraction of sp³-hybridized carbons (Fsp3) is 1.00. The van der Waals surface area contributed by atoms with E-state index in [2.05, 4.69) is 26.7 Å². The van der Waals surface area contributed by atoms with E-state index >= 15 is 0 Å². The van der Waals surface area contributed by atoms with Gasteiger partial charge in [0.05, 0.1) is 12.3 Å². The van der Waals surface area contributed by atoms with Gasteiger partial charge in [-0.2, -0.15) is 5.48 Å². The first-order valence-corrected chi connectivity index (χ1v) is 9.73. The molecule has 132 valence electrons. The minimum atomic E-state index is 0.262. The topological polar surface area (TPSA) is 69.4 Å². The molecule has 2 saturated carbocycles. The van der Waals surface area contributed by atoms with Gasteiger partial charge in [-0.25, -0.2) is 0 Å². The van der Waals surface area contributed by atoms with Gasteiger partial charge >= 0.3 is 0 Å². The van der Waals surface area contributed by atoms with Crippen LogP contribution in [0.15, 0.2) is 0 Å². The second-order valence-electron chi connectivity index (χ2n) is 7.89. The molecule has 2 heterocycles. The molecule has 2 saturated heterocycles. The molecule has 2 aliphatic heterocycles. The zero-order valence-corrected chi connectivity index (χ0v) is 14.2. The van der Waals surface area contributed by atoms with Crippen molar-refractivity contribution in [1.82, 2.24) is 26.7 Å². The van der Waals surface area contributed by atoms with E-state index in [0.29, 0.717) is 12.3 Å². The van der Waals surface area contributed by atoms with Crippen LogP contribution in [0.5, 0.6) is 0 Å². The van der Waals surface area contributed by atoms with Crippen molar-refractivity contribution in [3.8, 4) is 0 Å². The minimum absolute atomic E-state index is 0.262. The van der Waals surface area contributed by atoms with E-state index in [-0.39, 0.29) is 6.23 Å². The maximum atomic E-state index is 5.79. The third-order valence-electron chi connectivity index (χ3n) is 6.30. The van der Waals surface area contributed by atoms with E-state index in [0.717, 1.165) is 43.9 Å². The molecule has 23 heavy (non-hydrogen) atoms. The van der Waals surface area contributed by atoms with Crippen molar-refractivity contribution >= 4 is 0 Å². The predicted molar refractivity (Wildman–Crippen MR) is 90.4 cm³/mol. The fourth-order valence-electron chi connectivity index (χ4n) is 4.43. The van der Waals surface area contributed by atoms with Crippen molar-refractivity contribution in [2.24, 2.45) is 17.8 Å². The Morgan fingerprint density at radius 1 is 0.957 bits per heavy atom. The highest BCUT2D eigenvalue weighted by molar-refractivity contribution is 4.87. The van der Waals surface area contributed by atoms with Crippen LogP contribution in [0, 0.1) is 17.8 Å². The summed E-state index contributed by atoms with van der Waals surface area (Å²) in [6.07, 6.45) is 10.4. The largest absolute Gasteiger partial charge is 0.313 e. The van der Waals surface area contributed by atoms with Crippen LogP contribution in [-0.4, -0.2) is 44.7 Å². The van der Waals surface area contributed by atoms with E-state index in [9.17, 15) is 0 Å². The van der Waals surface area contributed by atoms with Gasteiger partial charge in [0.1, 0.15) is 6.23 Å². The van der Waals surface area contributed by atoms with Crippen molar-refractivity contribution in [2.75, 3.05) is 26.2 Å². The average molecular weight is 323 g/mol. The summed E-state index contributed by atoms with van der Waals surface area (Å²) >= 11 is 0. The summed E-state index contributed by atoms with van der Waals surface area (Å²) < 4.78 is 0. The molecule has 3 unspecified atom stereocenters. The maximum Gasteiger partial charge on any atom is 0.133 e. The second kappa shape index (κ2) is 7.76. The highest BCUT2D eigenvalue weighted by Crippen LogP contribution is 2.35. The molecule has 0 amide bonds. The fourth-order valence-corrected chi connectivity index (χ4v) is 4.43. The van der Waals surface area contributed by atoms with E-state index in [1.807, 2.05) is 0 Å². The summed E-state index contributed by atoms with van der Waals surface area (Å²) in [6, 6.07) is 0. The van der Waals surface area contributed by atoms with Gasteiger partial charge in [0, 0.05) is 25.6 Å². The van der Waals surface area contributed by atoms with Crippen LogP contribution in [-0.2, 0) is 4.84 Å². The standard InChI is InChI=1S/C17H33N5O/c1-2-14(3-1)17-21-16(22-23-17)13-6-4-12(5-7-13)10-20-15-11-18-8-9-19-15/h12-22H,1-11H2. The van der Waals surface area contributed by atoms with E-state index < -0.39 is 0 Å². The van der Waals surface area contributed by atoms with Crippen molar-refractivity contribution in [3.05, 3.63) is 0 Å². The molecule has 3 atom stereocenters. The summed E-state index contributed by atoms with van der Waals surface area (Å²) in [5, 5.41) is 14.3. The van der Waals surface area contributed by atoms with Crippen LogP contribution in [0.3, 0.4) is 0 Å². The molecule has 4 fully saturated rings. The first-order valence-electron chi connectivity index (χ1n) is 9.73. The monoisotopic (exact) mass is 323 g/mol. The lowest BCUT2D eigenvalue weighted by molar-refractivity contribution is -0.0343. The van der Waals surface area contributed by atoms with Crippen molar-refractivity contribution in [3.63, 3.8) is 0 Å². The molecule has 6 nitrogen and oxygen atoms in total. The average Bonchev–Trinajstić information content (AvgIpc) is 3.02. The Bertz CT molecular complexity index is 364. The number of piperazine rings is 1. The van der Waals surface area contributed by atoms with Gasteiger partial charge in [-0.05, 0) is 56.9 Å². The summed E-state index contributed by atoms with van der Waals surface area (Å²) in [5.74, 6) is 2.30. The summed E-state index contributed by atoms with van der Waals surface area (Å²) in [4.78, 5) is 5.79. The molecule has 2 aliphatic carbocycles. The number of rotatable bonds is 5. The Balaban J connectivity index is 1.15. The van der Waals surface area contributed by atoms with Crippen molar-refractivity contribution in [2.45, 2.75) is 63.5 Å². The van der Waals surface area contributed by atoms with E-state index in [1.54, 1.807) is 0 Å². The van der Waals surface area contributed by atoms with Crippen molar-refractivity contribution in [1.29, 1.82) is 0 Å². The molecule has 0 aromatic carbocycles. The second-order valence-corrected chi connectivity index (χ2v) is 7.89. The van der Waals surface area contributed by atoms with E-state index in [1.165, 1.54) is 44.9 Å². The Morgan fingerprint density at radius 2 is 1.83 bits per heavy atom. The molecule has 0 bridgehead atoms. The summed E-state index contributed by atoms with van der Waals surface area (Å²) in [6.45, 7) is 4.37. The molecule has 0 spiro atoms. The highest BCUT2D eigenvalue weighted by Gasteiger charge is 2.38. The van der Waals surface area contributed by atoms with Crippen LogP contribution in [0.1, 0.15) is 44.9 Å². The van der Waals surface area contributed by atoms with Gasteiger partial charge in [-0.15, -0.1) is 0 Å². The zero-order valence-electron chi connectivity index (χ0n) is 14.2. The van der Waals surface area contributed by atoms with Crippen LogP contribution < -0.4 is 26.7 Å². The highest BCUT2D eigenvalue weighted by atomic mass is 16.7. The number of nitrogens with one attached hydrogen (secondary N) is 5. The van der Waals surface area contributed by atoms with E-state index in [4.69, 9.17) is 4.84 Å². The normalized spacial score (nSPS) is 42.5. The van der Waals surface area contributed by atoms with Crippen LogP contribution in [0.4, 0.5) is 0 Å². The van der Waals surface area contributed by atoms with Gasteiger partial charge in [0.25, 0.3) is 0 Å². The molecular formula is C17H33N5O. The Kier molecular flexibility index (Phi) is 5.48. The molecule has 0 aromatic heterocycles. The van der Waals surface area contributed by atoms with Crippen LogP contribution >= 0.6 is 0 Å². The lowest BCUT2D eigenvalue weighted by Gasteiger charge is -2.34. The molecule has 4 aliphatic rings. The summed E-state index contributed by atoms with van der Waals surface area (Å²) in [7, 11) is 0. The predicted octanol–water partition coefficient (Wildman–Crippen LogP) is 0.478. The van der Waals surface area contributed by atoms with Crippen LogP contribution in [0.25, 0.3) is 0 Å². The SMILES string of the molecule is C1CC(C2NC(C3CCC(CNC4CNCCN4)CC3)NO2)C1. The Hall–Kier alpha value is -0.240. The Morgan fingerprint density at radius 3 is 2.52 bits per heavy atom. The van der Waals surface area contributed by atoms with Gasteiger partial charge in [-0.1, -0.05) is 6.42 Å². The molecule has 4 rings (SSSR count). The van der Waals surface area contributed by atoms with Crippen molar-refractivity contribution < 1.29 is 4.84 Å². The zero-order chi connectivity index (χ0) is 15.5. The van der Waals surface area contributed by atoms with Gasteiger partial charge < -0.3 is 10.6 Å². The lowest BCUT2D eigenvalue weighted by Crippen LogP contribution is -2.56. The third-order valence-corrected chi connectivity index (χ3v) is 6.30. The van der Waals surface area contributed by atoms with Crippen LogP contribution in [0.2, 0.25) is 0 Å². The molecular weight excluding hydrogens is 290 g/mol. The molecule has 0 aromatic rings. The lowest BCUT2D eigenvalue weighted by atomic mass is 9.80. The number of hydroxylamine groups is 1. The number of hydrogen-bond acceptors (Lipinski definition) is 6. The quantitative estimate of drug-likeness (QED) is 0.507.